The first-order valence-electron chi connectivity index (χ1n) is 6.12. The van der Waals surface area contributed by atoms with Crippen LogP contribution >= 0.6 is 0 Å². The van der Waals surface area contributed by atoms with Crippen LogP contribution in [0.1, 0.15) is 10.4 Å². The topological polar surface area (TPSA) is 83.7 Å². The van der Waals surface area contributed by atoms with Crippen LogP contribution in [-0.2, 0) is 9.84 Å². The molecule has 0 aromatic heterocycles. The van der Waals surface area contributed by atoms with Crippen LogP contribution in [0.25, 0.3) is 0 Å². The van der Waals surface area contributed by atoms with Crippen molar-refractivity contribution in [2.45, 2.75) is 4.90 Å². The highest BCUT2D eigenvalue weighted by Gasteiger charge is 2.16. The summed E-state index contributed by atoms with van der Waals surface area (Å²) in [6.45, 7) is 1.28. The molecule has 0 aliphatic rings. The Bertz CT molecular complexity index is 597. The van der Waals surface area contributed by atoms with Crippen molar-refractivity contribution < 1.29 is 13.2 Å². The van der Waals surface area contributed by atoms with Gasteiger partial charge in [0, 0.05) is 37.6 Å². The zero-order chi connectivity index (χ0) is 15.5. The molecule has 0 unspecified atom stereocenters. The van der Waals surface area contributed by atoms with Crippen LogP contribution in [0.15, 0.2) is 23.1 Å². The molecule has 1 amide bonds. The molecule has 112 valence electrons. The highest BCUT2D eigenvalue weighted by Crippen LogP contribution is 2.18. The first-order chi connectivity index (χ1) is 9.11. The number of benzene rings is 1. The van der Waals surface area contributed by atoms with Gasteiger partial charge in [0.15, 0.2) is 9.84 Å². The zero-order valence-electron chi connectivity index (χ0n) is 12.3. The lowest BCUT2D eigenvalue weighted by atomic mass is 10.2. The second kappa shape index (κ2) is 6.23. The summed E-state index contributed by atoms with van der Waals surface area (Å²) in [6, 6.07) is 4.20. The van der Waals surface area contributed by atoms with Crippen molar-refractivity contribution in [2.75, 3.05) is 46.2 Å². The van der Waals surface area contributed by atoms with E-state index in [-0.39, 0.29) is 22.1 Å². The number of nitrogens with zero attached hydrogens (tertiary/aromatic N) is 2. The summed E-state index contributed by atoms with van der Waals surface area (Å²) >= 11 is 0. The Kier molecular flexibility index (Phi) is 5.13. The molecule has 0 radical (unpaired) electrons. The summed E-state index contributed by atoms with van der Waals surface area (Å²) in [5.74, 6) is -0.246. The summed E-state index contributed by atoms with van der Waals surface area (Å²) in [7, 11) is 2.12. The number of hydrogen-bond acceptors (Lipinski definition) is 5. The molecule has 0 saturated heterocycles. The van der Waals surface area contributed by atoms with Crippen LogP contribution in [0.4, 0.5) is 5.69 Å². The van der Waals surface area contributed by atoms with Crippen LogP contribution in [-0.4, -0.2) is 64.6 Å². The van der Waals surface area contributed by atoms with Crippen molar-refractivity contribution >= 4 is 21.4 Å². The highest BCUT2D eigenvalue weighted by atomic mass is 32.2. The van der Waals surface area contributed by atoms with Crippen molar-refractivity contribution in [3.05, 3.63) is 23.8 Å². The van der Waals surface area contributed by atoms with Crippen LogP contribution in [0.2, 0.25) is 0 Å². The monoisotopic (exact) mass is 299 g/mol. The highest BCUT2D eigenvalue weighted by molar-refractivity contribution is 7.90. The lowest BCUT2D eigenvalue weighted by Gasteiger charge is -2.20. The van der Waals surface area contributed by atoms with Gasteiger partial charge in [-0.3, -0.25) is 4.79 Å². The maximum atomic E-state index is 12.2. The third-order valence-corrected chi connectivity index (χ3v) is 3.93. The predicted molar refractivity (Wildman–Crippen MR) is 79.5 cm³/mol. The van der Waals surface area contributed by atoms with E-state index in [1.165, 1.54) is 18.2 Å². The molecule has 0 saturated carbocycles. The van der Waals surface area contributed by atoms with Crippen LogP contribution < -0.4 is 5.73 Å². The SMILES string of the molecule is CN(C)CCN(C)C(=O)c1cc(N)cc(S(C)(=O)=O)c1. The number of carbonyl (C=O) groups is 1. The number of hydrogen-bond donors (Lipinski definition) is 1. The van der Waals surface area contributed by atoms with Gasteiger partial charge >= 0.3 is 0 Å². The van der Waals surface area contributed by atoms with Crippen molar-refractivity contribution in [1.29, 1.82) is 0 Å². The molecule has 1 aromatic carbocycles. The van der Waals surface area contributed by atoms with Gasteiger partial charge in [-0.15, -0.1) is 0 Å². The lowest BCUT2D eigenvalue weighted by Crippen LogP contribution is -2.33. The molecule has 7 heteroatoms. The minimum atomic E-state index is -3.39. The van der Waals surface area contributed by atoms with Gasteiger partial charge in [-0.25, -0.2) is 8.42 Å². The van der Waals surface area contributed by atoms with Gasteiger partial charge in [0.2, 0.25) is 0 Å². The predicted octanol–water partition coefficient (Wildman–Crippen LogP) is 0.306. The van der Waals surface area contributed by atoms with Crippen molar-refractivity contribution in [1.82, 2.24) is 9.80 Å². The Morgan fingerprint density at radius 3 is 2.25 bits per heavy atom. The summed E-state index contributed by atoms with van der Waals surface area (Å²) in [6.07, 6.45) is 1.09. The van der Waals surface area contributed by atoms with Crippen molar-refractivity contribution in [3.63, 3.8) is 0 Å². The fourth-order valence-corrected chi connectivity index (χ4v) is 2.32. The first kappa shape index (κ1) is 16.5. The molecular weight excluding hydrogens is 278 g/mol. The van der Waals surface area contributed by atoms with Crippen LogP contribution in [0.5, 0.6) is 0 Å². The molecule has 0 fully saturated rings. The number of nitrogen functional groups attached to an aromatic ring is 1. The smallest absolute Gasteiger partial charge is 0.253 e. The molecule has 0 heterocycles. The third kappa shape index (κ3) is 4.50. The Hall–Kier alpha value is -1.60. The van der Waals surface area contributed by atoms with E-state index >= 15 is 0 Å². The summed E-state index contributed by atoms with van der Waals surface area (Å²) < 4.78 is 23.1. The normalized spacial score (nSPS) is 11.7. The number of nitrogens with two attached hydrogens (primary N) is 1. The van der Waals surface area contributed by atoms with E-state index < -0.39 is 9.84 Å². The minimum Gasteiger partial charge on any atom is -0.399 e. The van der Waals surface area contributed by atoms with Crippen molar-refractivity contribution in [3.8, 4) is 0 Å². The Balaban J connectivity index is 3.02. The molecule has 0 aliphatic heterocycles. The van der Waals surface area contributed by atoms with E-state index in [9.17, 15) is 13.2 Å². The van der Waals surface area contributed by atoms with Gasteiger partial charge in [-0.05, 0) is 32.3 Å². The average Bonchev–Trinajstić information content (AvgIpc) is 2.33. The molecular formula is C13H21N3O3S. The third-order valence-electron chi connectivity index (χ3n) is 2.83. The van der Waals surface area contributed by atoms with E-state index in [1.807, 2.05) is 19.0 Å². The van der Waals surface area contributed by atoms with Gasteiger partial charge in [-0.2, -0.15) is 0 Å². The number of likely N-dealkylation sites (N-methyl/N-ethyl adjacent to an activating group) is 2. The standard InChI is InChI=1S/C13H21N3O3S/c1-15(2)5-6-16(3)13(17)10-7-11(14)9-12(8-10)20(4,18)19/h7-9H,5-6,14H2,1-4H3. The van der Waals surface area contributed by atoms with E-state index in [2.05, 4.69) is 0 Å². The van der Waals surface area contributed by atoms with Gasteiger partial charge < -0.3 is 15.5 Å². The number of anilines is 1. The minimum absolute atomic E-state index is 0.0573. The lowest BCUT2D eigenvalue weighted by molar-refractivity contribution is 0.0786. The maximum absolute atomic E-state index is 12.2. The second-order valence-corrected chi connectivity index (χ2v) is 7.11. The second-order valence-electron chi connectivity index (χ2n) is 5.09. The quantitative estimate of drug-likeness (QED) is 0.791. The molecule has 6 nitrogen and oxygen atoms in total. The zero-order valence-corrected chi connectivity index (χ0v) is 13.1. The van der Waals surface area contributed by atoms with Gasteiger partial charge in [0.1, 0.15) is 0 Å². The van der Waals surface area contributed by atoms with Gasteiger partial charge in [-0.1, -0.05) is 0 Å². The summed E-state index contributed by atoms with van der Waals surface area (Å²) in [5, 5.41) is 0. The van der Waals surface area contributed by atoms with Crippen molar-refractivity contribution in [2.24, 2.45) is 0 Å². The number of sulfone groups is 1. The fraction of sp³-hybridized carbons (Fsp3) is 0.462. The van der Waals surface area contributed by atoms with Gasteiger partial charge in [0.05, 0.1) is 4.90 Å². The average molecular weight is 299 g/mol. The molecule has 1 aromatic rings. The van der Waals surface area contributed by atoms with Crippen LogP contribution in [0, 0.1) is 0 Å². The Morgan fingerprint density at radius 2 is 1.75 bits per heavy atom. The molecule has 0 aliphatic carbocycles. The number of amides is 1. The molecule has 0 atom stereocenters. The molecule has 0 spiro atoms. The number of carbonyl (C=O) groups excluding carboxylic acids is 1. The van der Waals surface area contributed by atoms with E-state index in [0.29, 0.717) is 6.54 Å². The first-order valence-corrected chi connectivity index (χ1v) is 8.01. The molecule has 1 rings (SSSR count). The van der Waals surface area contributed by atoms with E-state index in [1.54, 1.807) is 11.9 Å². The molecule has 20 heavy (non-hydrogen) atoms. The Morgan fingerprint density at radius 1 is 1.15 bits per heavy atom. The largest absolute Gasteiger partial charge is 0.399 e. The molecule has 2 N–H and O–H groups in total. The van der Waals surface area contributed by atoms with E-state index in [0.717, 1.165) is 12.8 Å². The number of rotatable bonds is 5. The fourth-order valence-electron chi connectivity index (χ4n) is 1.63. The van der Waals surface area contributed by atoms with E-state index in [4.69, 9.17) is 5.73 Å². The van der Waals surface area contributed by atoms with Crippen LogP contribution in [0.3, 0.4) is 0 Å². The summed E-state index contributed by atoms with van der Waals surface area (Å²) in [5.41, 5.74) is 6.22. The Labute approximate surface area is 120 Å². The molecule has 0 bridgehead atoms. The maximum Gasteiger partial charge on any atom is 0.253 e. The van der Waals surface area contributed by atoms with Gasteiger partial charge in [0.25, 0.3) is 5.91 Å². The summed E-state index contributed by atoms with van der Waals surface area (Å²) in [4.78, 5) is 15.8.